The van der Waals surface area contributed by atoms with Crippen molar-refractivity contribution < 1.29 is 15.0 Å². The molecule has 0 radical (unpaired) electrons. The Kier molecular flexibility index (Phi) is 5.85. The van der Waals surface area contributed by atoms with Gasteiger partial charge in [0.1, 0.15) is 5.75 Å². The van der Waals surface area contributed by atoms with E-state index in [0.717, 1.165) is 49.0 Å². The summed E-state index contributed by atoms with van der Waals surface area (Å²) in [6.45, 7) is 5.09. The van der Waals surface area contributed by atoms with Gasteiger partial charge in [-0.25, -0.2) is 0 Å². The summed E-state index contributed by atoms with van der Waals surface area (Å²) in [5.41, 5.74) is 2.33. The van der Waals surface area contributed by atoms with E-state index < -0.39 is 5.60 Å². The molecule has 2 N–H and O–H groups in total. The number of benzene rings is 2. The van der Waals surface area contributed by atoms with Crippen LogP contribution in [0.2, 0.25) is 0 Å². The van der Waals surface area contributed by atoms with Crippen LogP contribution in [-0.4, -0.2) is 39.7 Å². The molecule has 27 heavy (non-hydrogen) atoms. The van der Waals surface area contributed by atoms with E-state index in [1.165, 1.54) is 0 Å². The number of phenolic OH excluding ortho intramolecular Hbond substituents is 1. The van der Waals surface area contributed by atoms with Crippen LogP contribution >= 0.6 is 0 Å². The van der Waals surface area contributed by atoms with Gasteiger partial charge in [0.25, 0.3) is 5.91 Å². The van der Waals surface area contributed by atoms with Crippen molar-refractivity contribution in [1.82, 2.24) is 4.90 Å². The van der Waals surface area contributed by atoms with Crippen LogP contribution in [0.3, 0.4) is 0 Å². The number of carbonyl (C=O) groups excluding carboxylic acids is 1. The van der Waals surface area contributed by atoms with Gasteiger partial charge in [0, 0.05) is 18.7 Å². The minimum absolute atomic E-state index is 0.0818. The van der Waals surface area contributed by atoms with Crippen LogP contribution in [0.1, 0.15) is 60.5 Å². The Morgan fingerprint density at radius 1 is 1.11 bits per heavy atom. The van der Waals surface area contributed by atoms with Crippen molar-refractivity contribution in [2.24, 2.45) is 0 Å². The molecule has 1 amide bonds. The van der Waals surface area contributed by atoms with Crippen LogP contribution in [-0.2, 0) is 6.42 Å². The number of phenols is 1. The van der Waals surface area contributed by atoms with Gasteiger partial charge in [-0.2, -0.15) is 0 Å². The highest BCUT2D eigenvalue weighted by molar-refractivity contribution is 5.94. The molecule has 4 nitrogen and oxygen atoms in total. The number of carbonyl (C=O) groups is 1. The Morgan fingerprint density at radius 2 is 1.78 bits per heavy atom. The minimum atomic E-state index is -0.672. The van der Waals surface area contributed by atoms with E-state index in [2.05, 4.69) is 0 Å². The average molecular weight is 367 g/mol. The summed E-state index contributed by atoms with van der Waals surface area (Å²) < 4.78 is 0. The predicted octanol–water partition coefficient (Wildman–Crippen LogP) is 4.12. The summed E-state index contributed by atoms with van der Waals surface area (Å²) in [4.78, 5) is 14.7. The molecule has 0 aromatic heterocycles. The van der Waals surface area contributed by atoms with E-state index in [9.17, 15) is 15.0 Å². The summed E-state index contributed by atoms with van der Waals surface area (Å²) >= 11 is 0. The van der Waals surface area contributed by atoms with Crippen molar-refractivity contribution >= 4 is 5.91 Å². The molecule has 144 valence electrons. The van der Waals surface area contributed by atoms with E-state index >= 15 is 0 Å². The van der Waals surface area contributed by atoms with Gasteiger partial charge in [-0.1, -0.05) is 24.3 Å². The maximum atomic E-state index is 12.8. The Morgan fingerprint density at radius 3 is 2.37 bits per heavy atom. The summed E-state index contributed by atoms with van der Waals surface area (Å²) in [5, 5.41) is 19.5. The number of likely N-dealkylation sites (tertiary alicyclic amines) is 1. The van der Waals surface area contributed by atoms with Crippen molar-refractivity contribution in [2.45, 2.75) is 51.0 Å². The van der Waals surface area contributed by atoms with E-state index in [-0.39, 0.29) is 5.91 Å². The molecule has 1 aliphatic rings. The first-order valence-electron chi connectivity index (χ1n) is 9.71. The third-order valence-electron chi connectivity index (χ3n) is 5.35. The SMILES string of the molecule is CC(C)(O)CCc1ccc(C(=O)N2CCC(c3cccc(O)c3)CC2)cc1. The lowest BCUT2D eigenvalue weighted by Gasteiger charge is -2.32. The second-order valence-electron chi connectivity index (χ2n) is 8.17. The number of piperidine rings is 1. The first-order chi connectivity index (χ1) is 12.8. The maximum absolute atomic E-state index is 12.8. The number of aryl methyl sites for hydroxylation is 1. The Labute approximate surface area is 161 Å². The Balaban J connectivity index is 1.56. The summed E-state index contributed by atoms with van der Waals surface area (Å²) in [6, 6.07) is 15.2. The topological polar surface area (TPSA) is 60.8 Å². The Hall–Kier alpha value is -2.33. The number of hydrogen-bond acceptors (Lipinski definition) is 3. The minimum Gasteiger partial charge on any atom is -0.508 e. The van der Waals surface area contributed by atoms with E-state index in [1.807, 2.05) is 61.2 Å². The zero-order valence-corrected chi connectivity index (χ0v) is 16.2. The molecule has 4 heteroatoms. The highest BCUT2D eigenvalue weighted by atomic mass is 16.3. The quantitative estimate of drug-likeness (QED) is 0.836. The fraction of sp³-hybridized carbons (Fsp3) is 0.435. The highest BCUT2D eigenvalue weighted by Gasteiger charge is 2.24. The lowest BCUT2D eigenvalue weighted by atomic mass is 9.89. The normalized spacial score (nSPS) is 15.7. The average Bonchev–Trinajstić information content (AvgIpc) is 2.66. The van der Waals surface area contributed by atoms with Crippen LogP contribution in [0.25, 0.3) is 0 Å². The molecule has 0 aliphatic carbocycles. The van der Waals surface area contributed by atoms with Gasteiger partial charge in [-0.15, -0.1) is 0 Å². The number of hydrogen-bond donors (Lipinski definition) is 2. The molecule has 2 aromatic carbocycles. The molecule has 2 aromatic rings. The van der Waals surface area contributed by atoms with Crippen LogP contribution in [0, 0.1) is 0 Å². The largest absolute Gasteiger partial charge is 0.508 e. The first kappa shape index (κ1) is 19.4. The smallest absolute Gasteiger partial charge is 0.253 e. The van der Waals surface area contributed by atoms with E-state index in [1.54, 1.807) is 6.07 Å². The van der Waals surface area contributed by atoms with E-state index in [4.69, 9.17) is 0 Å². The second kappa shape index (κ2) is 8.13. The predicted molar refractivity (Wildman–Crippen MR) is 107 cm³/mol. The molecule has 0 atom stereocenters. The van der Waals surface area contributed by atoms with Crippen LogP contribution in [0.5, 0.6) is 5.75 Å². The highest BCUT2D eigenvalue weighted by Crippen LogP contribution is 2.30. The molecule has 1 aliphatic heterocycles. The first-order valence-corrected chi connectivity index (χ1v) is 9.71. The van der Waals surface area contributed by atoms with Gasteiger partial charge >= 0.3 is 0 Å². The summed E-state index contributed by atoms with van der Waals surface area (Å²) in [5.74, 6) is 0.777. The second-order valence-corrected chi connectivity index (χ2v) is 8.17. The molecule has 3 rings (SSSR count). The van der Waals surface area contributed by atoms with Crippen molar-refractivity contribution in [3.63, 3.8) is 0 Å². The standard InChI is InChI=1S/C23H29NO3/c1-23(2,27)13-10-17-6-8-19(9-7-17)22(26)24-14-11-18(12-15-24)20-4-3-5-21(25)16-20/h3-9,16,18,25,27H,10-15H2,1-2H3. The molecule has 0 saturated carbocycles. The zero-order chi connectivity index (χ0) is 19.4. The van der Waals surface area contributed by atoms with Gasteiger partial charge in [0.15, 0.2) is 0 Å². The molecule has 0 spiro atoms. The molecule has 1 heterocycles. The summed E-state index contributed by atoms with van der Waals surface area (Å²) in [7, 11) is 0. The number of nitrogens with zero attached hydrogens (tertiary/aromatic N) is 1. The molecule has 1 fully saturated rings. The lowest BCUT2D eigenvalue weighted by Crippen LogP contribution is -2.37. The zero-order valence-electron chi connectivity index (χ0n) is 16.2. The third-order valence-corrected chi connectivity index (χ3v) is 5.35. The van der Waals surface area contributed by atoms with Crippen molar-refractivity contribution in [2.75, 3.05) is 13.1 Å². The van der Waals surface area contributed by atoms with Crippen LogP contribution in [0.4, 0.5) is 0 Å². The number of aliphatic hydroxyl groups is 1. The van der Waals surface area contributed by atoms with Gasteiger partial charge in [-0.3, -0.25) is 4.79 Å². The van der Waals surface area contributed by atoms with Gasteiger partial charge in [-0.05, 0) is 80.8 Å². The van der Waals surface area contributed by atoms with Crippen molar-refractivity contribution in [3.05, 3.63) is 65.2 Å². The fourth-order valence-electron chi connectivity index (χ4n) is 3.64. The number of rotatable bonds is 5. The Bertz CT molecular complexity index is 769. The van der Waals surface area contributed by atoms with Crippen LogP contribution < -0.4 is 0 Å². The van der Waals surface area contributed by atoms with Gasteiger partial charge in [0.2, 0.25) is 0 Å². The molecule has 1 saturated heterocycles. The molecular formula is C23H29NO3. The fourth-order valence-corrected chi connectivity index (χ4v) is 3.64. The lowest BCUT2D eigenvalue weighted by molar-refractivity contribution is 0.0703. The van der Waals surface area contributed by atoms with E-state index in [0.29, 0.717) is 18.1 Å². The maximum Gasteiger partial charge on any atom is 0.253 e. The summed E-state index contributed by atoms with van der Waals surface area (Å²) in [6.07, 6.45) is 3.33. The van der Waals surface area contributed by atoms with Gasteiger partial charge < -0.3 is 15.1 Å². The molecular weight excluding hydrogens is 338 g/mol. The number of aromatic hydroxyl groups is 1. The van der Waals surface area contributed by atoms with Crippen LogP contribution in [0.15, 0.2) is 48.5 Å². The molecule has 0 bridgehead atoms. The molecule has 0 unspecified atom stereocenters. The van der Waals surface area contributed by atoms with Gasteiger partial charge in [0.05, 0.1) is 5.60 Å². The van der Waals surface area contributed by atoms with Crippen molar-refractivity contribution in [3.8, 4) is 5.75 Å². The van der Waals surface area contributed by atoms with Crippen molar-refractivity contribution in [1.29, 1.82) is 0 Å². The monoisotopic (exact) mass is 367 g/mol. The third kappa shape index (κ3) is 5.33. The number of amides is 1.